The summed E-state index contributed by atoms with van der Waals surface area (Å²) >= 11 is 1.62. The predicted octanol–water partition coefficient (Wildman–Crippen LogP) is 2.16. The number of thiophene rings is 1. The van der Waals surface area contributed by atoms with Crippen molar-refractivity contribution in [3.05, 3.63) is 29.8 Å². The largest absolute Gasteiger partial charge is 0.481 e. The number of anilines is 1. The number of rotatable bonds is 8. The molecule has 2 fully saturated rings. The third-order valence-electron chi connectivity index (χ3n) is 5.41. The molecule has 0 unspecified atom stereocenters. The van der Waals surface area contributed by atoms with Crippen molar-refractivity contribution >= 4 is 29.2 Å². The number of nitrogens with zero attached hydrogens (tertiary/aromatic N) is 2. The summed E-state index contributed by atoms with van der Waals surface area (Å²) < 4.78 is 11.8. The van der Waals surface area contributed by atoms with Crippen LogP contribution in [-0.2, 0) is 19.1 Å². The molecule has 1 amide bonds. The van der Waals surface area contributed by atoms with Gasteiger partial charge in [0.25, 0.3) is 0 Å². The molecule has 2 aliphatic heterocycles. The molecule has 4 atom stereocenters. The molecule has 31 heavy (non-hydrogen) atoms. The van der Waals surface area contributed by atoms with Crippen LogP contribution in [0.3, 0.4) is 0 Å². The van der Waals surface area contributed by atoms with Crippen LogP contribution < -0.4 is 10.6 Å². The Kier molecular flexibility index (Phi) is 6.22. The van der Waals surface area contributed by atoms with E-state index in [1.807, 2.05) is 23.6 Å². The van der Waals surface area contributed by atoms with Crippen LogP contribution in [-0.4, -0.2) is 64.5 Å². The second kappa shape index (κ2) is 8.89. The van der Waals surface area contributed by atoms with Crippen LogP contribution in [0.4, 0.5) is 5.95 Å². The van der Waals surface area contributed by atoms with Crippen LogP contribution in [0.25, 0.3) is 10.6 Å². The van der Waals surface area contributed by atoms with Crippen LogP contribution in [0.1, 0.15) is 26.7 Å². The number of fused-ring (bicyclic) bond motifs is 1. The molecule has 3 N–H and O–H groups in total. The second-order valence-electron chi connectivity index (χ2n) is 8.68. The highest BCUT2D eigenvalue weighted by atomic mass is 32.1. The van der Waals surface area contributed by atoms with E-state index in [1.54, 1.807) is 31.4 Å². The Bertz CT molecular complexity index is 936. The lowest BCUT2D eigenvalue weighted by atomic mass is 9.85. The summed E-state index contributed by atoms with van der Waals surface area (Å²) in [5.74, 6) is -0.611. The summed E-state index contributed by atoms with van der Waals surface area (Å²) in [6.07, 6.45) is 1.27. The molecule has 0 aliphatic carbocycles. The lowest BCUT2D eigenvalue weighted by molar-refractivity contribution is -0.139. The van der Waals surface area contributed by atoms with Gasteiger partial charge in [-0.25, -0.2) is 9.97 Å². The Labute approximate surface area is 184 Å². The highest BCUT2D eigenvalue weighted by Gasteiger charge is 2.48. The fraction of sp³-hybridized carbons (Fsp3) is 0.524. The van der Waals surface area contributed by atoms with Crippen molar-refractivity contribution < 1.29 is 24.2 Å². The Morgan fingerprint density at radius 3 is 2.65 bits per heavy atom. The van der Waals surface area contributed by atoms with Crippen LogP contribution in [0.2, 0.25) is 0 Å². The maximum absolute atomic E-state index is 12.5. The van der Waals surface area contributed by atoms with Gasteiger partial charge in [-0.05, 0) is 22.9 Å². The van der Waals surface area contributed by atoms with Gasteiger partial charge >= 0.3 is 5.97 Å². The van der Waals surface area contributed by atoms with E-state index in [1.165, 1.54) is 0 Å². The number of aliphatic carboxylic acids is 1. The average molecular weight is 447 g/mol. The molecule has 4 rings (SSSR count). The van der Waals surface area contributed by atoms with E-state index in [9.17, 15) is 9.59 Å². The zero-order valence-corrected chi connectivity index (χ0v) is 18.2. The van der Waals surface area contributed by atoms with Crippen molar-refractivity contribution in [1.29, 1.82) is 0 Å². The van der Waals surface area contributed by atoms with Gasteiger partial charge in [0.1, 0.15) is 12.2 Å². The lowest BCUT2D eigenvalue weighted by Crippen LogP contribution is -2.45. The third-order valence-corrected chi connectivity index (χ3v) is 6.30. The Morgan fingerprint density at radius 1 is 1.19 bits per heavy atom. The fourth-order valence-corrected chi connectivity index (χ4v) is 4.76. The smallest absolute Gasteiger partial charge is 0.303 e. The Hall–Kier alpha value is -2.56. The quantitative estimate of drug-likeness (QED) is 0.564. The van der Waals surface area contributed by atoms with Crippen LogP contribution in [0, 0.1) is 5.41 Å². The molecule has 4 heterocycles. The van der Waals surface area contributed by atoms with Gasteiger partial charge in [-0.1, -0.05) is 19.9 Å². The average Bonchev–Trinajstić information content (AvgIpc) is 3.41. The van der Waals surface area contributed by atoms with Gasteiger partial charge in [0.15, 0.2) is 0 Å². The first-order chi connectivity index (χ1) is 14.8. The predicted molar refractivity (Wildman–Crippen MR) is 115 cm³/mol. The van der Waals surface area contributed by atoms with Crippen molar-refractivity contribution in [3.63, 3.8) is 0 Å². The topological polar surface area (TPSA) is 123 Å². The van der Waals surface area contributed by atoms with E-state index in [2.05, 4.69) is 20.6 Å². The van der Waals surface area contributed by atoms with Crippen molar-refractivity contribution in [3.8, 4) is 10.6 Å². The van der Waals surface area contributed by atoms with Crippen LogP contribution in [0.15, 0.2) is 29.8 Å². The number of carbonyl (C=O) groups is 2. The third kappa shape index (κ3) is 5.20. The normalized spacial score (nSPS) is 25.2. The van der Waals surface area contributed by atoms with Gasteiger partial charge in [0.05, 0.1) is 42.3 Å². The minimum Gasteiger partial charge on any atom is -0.481 e. The molecule has 2 aromatic heterocycles. The first-order valence-electron chi connectivity index (χ1n) is 10.2. The van der Waals surface area contributed by atoms with E-state index in [0.29, 0.717) is 19.2 Å². The molecule has 0 aromatic carbocycles. The van der Waals surface area contributed by atoms with Crippen molar-refractivity contribution in [1.82, 2.24) is 15.3 Å². The number of hydrogen-bond acceptors (Lipinski definition) is 8. The van der Waals surface area contributed by atoms with Crippen LogP contribution >= 0.6 is 11.3 Å². The molecule has 10 heteroatoms. The van der Waals surface area contributed by atoms with Gasteiger partial charge < -0.3 is 25.2 Å². The van der Waals surface area contributed by atoms with Gasteiger partial charge in [0, 0.05) is 12.6 Å². The summed E-state index contributed by atoms with van der Waals surface area (Å²) in [5, 5.41) is 17.3. The number of nitrogens with one attached hydrogen (secondary N) is 2. The van der Waals surface area contributed by atoms with Gasteiger partial charge in [-0.2, -0.15) is 0 Å². The minimum atomic E-state index is -0.916. The number of carbonyl (C=O) groups excluding carboxylic acids is 1. The highest BCUT2D eigenvalue weighted by molar-refractivity contribution is 7.13. The summed E-state index contributed by atoms with van der Waals surface area (Å²) in [4.78, 5) is 33.4. The monoisotopic (exact) mass is 446 g/mol. The van der Waals surface area contributed by atoms with E-state index in [-0.39, 0.29) is 43.0 Å². The lowest BCUT2D eigenvalue weighted by Gasteiger charge is -2.24. The molecule has 0 saturated carbocycles. The molecule has 9 nitrogen and oxygen atoms in total. The zero-order valence-electron chi connectivity index (χ0n) is 17.4. The minimum absolute atomic E-state index is 0.0688. The molecular weight excluding hydrogens is 420 g/mol. The molecule has 166 valence electrons. The Balaban J connectivity index is 1.34. The molecule has 0 spiro atoms. The first kappa shape index (κ1) is 21.7. The van der Waals surface area contributed by atoms with Crippen molar-refractivity contribution in [2.24, 2.45) is 5.41 Å². The SMILES string of the molecule is CC(C)(CC(=O)O)CC(=O)N[C@@H]1CO[C@@H]2[C@@H]1OC[C@@H]2Nc1nccc(-c2cccs2)n1. The molecule has 0 radical (unpaired) electrons. The second-order valence-corrected chi connectivity index (χ2v) is 9.62. The molecule has 2 saturated heterocycles. The standard InChI is InChI=1S/C21H26N4O5S/c1-21(2,9-17(27)28)8-16(26)23-13-10-29-19-14(11-30-18(13)19)25-20-22-6-5-12(24-20)15-4-3-7-31-15/h3-7,13-14,18-19H,8-11H2,1-2H3,(H,23,26)(H,27,28)(H,22,24,25)/t13-,14+,18-,19+/m1/s1. The maximum atomic E-state index is 12.5. The van der Waals surface area contributed by atoms with E-state index in [0.717, 1.165) is 10.6 Å². The molecule has 0 bridgehead atoms. The zero-order chi connectivity index (χ0) is 22.0. The summed E-state index contributed by atoms with van der Waals surface area (Å²) in [5.41, 5.74) is 0.227. The number of hydrogen-bond donors (Lipinski definition) is 3. The molecular formula is C21H26N4O5S. The van der Waals surface area contributed by atoms with Crippen molar-refractivity contribution in [2.45, 2.75) is 51.0 Å². The number of amides is 1. The number of ether oxygens (including phenoxy) is 2. The van der Waals surface area contributed by atoms with Gasteiger partial charge in [-0.15, -0.1) is 11.3 Å². The van der Waals surface area contributed by atoms with Crippen molar-refractivity contribution in [2.75, 3.05) is 18.5 Å². The maximum Gasteiger partial charge on any atom is 0.303 e. The number of carboxylic acid groups (broad SMARTS) is 1. The van der Waals surface area contributed by atoms with E-state index < -0.39 is 11.4 Å². The van der Waals surface area contributed by atoms with E-state index in [4.69, 9.17) is 14.6 Å². The van der Waals surface area contributed by atoms with Crippen LogP contribution in [0.5, 0.6) is 0 Å². The summed E-state index contributed by atoms with van der Waals surface area (Å²) in [6, 6.07) is 5.46. The van der Waals surface area contributed by atoms with E-state index >= 15 is 0 Å². The first-order valence-corrected chi connectivity index (χ1v) is 11.1. The molecule has 2 aliphatic rings. The fourth-order valence-electron chi connectivity index (χ4n) is 4.07. The Morgan fingerprint density at radius 2 is 1.94 bits per heavy atom. The number of carboxylic acids is 1. The van der Waals surface area contributed by atoms with Gasteiger partial charge in [-0.3, -0.25) is 9.59 Å². The molecule has 2 aromatic rings. The number of aromatic nitrogens is 2. The summed E-state index contributed by atoms with van der Waals surface area (Å²) in [6.45, 7) is 4.30. The van der Waals surface area contributed by atoms with Gasteiger partial charge in [0.2, 0.25) is 11.9 Å². The summed E-state index contributed by atoms with van der Waals surface area (Å²) in [7, 11) is 0. The highest BCUT2D eigenvalue weighted by Crippen LogP contribution is 2.30.